The van der Waals surface area contributed by atoms with Crippen molar-refractivity contribution in [3.8, 4) is 0 Å². The molecule has 1 N–H and O–H groups in total. The lowest BCUT2D eigenvalue weighted by Crippen LogP contribution is -2.48. The number of nitrogens with one attached hydrogen (secondary N) is 1. The van der Waals surface area contributed by atoms with Crippen LogP contribution in [-0.4, -0.2) is 35.6 Å². The van der Waals surface area contributed by atoms with Crippen molar-refractivity contribution in [2.24, 2.45) is 0 Å². The molecule has 0 aliphatic heterocycles. The summed E-state index contributed by atoms with van der Waals surface area (Å²) in [6.45, 7) is 4.12. The van der Waals surface area contributed by atoms with Gasteiger partial charge in [0.05, 0.1) is 5.75 Å². The molecule has 0 aliphatic rings. The zero-order valence-corrected chi connectivity index (χ0v) is 19.2. The molecule has 29 heavy (non-hydrogen) atoms. The third-order valence-electron chi connectivity index (χ3n) is 4.60. The average Bonchev–Trinajstić information content (AvgIpc) is 2.69. The third-order valence-corrected chi connectivity index (χ3v) is 6.30. The molecule has 0 radical (unpaired) electrons. The van der Waals surface area contributed by atoms with Crippen LogP contribution in [0, 0.1) is 6.92 Å². The van der Waals surface area contributed by atoms with Crippen LogP contribution in [0.2, 0.25) is 10.0 Å². The molecule has 156 valence electrons. The van der Waals surface area contributed by atoms with Crippen LogP contribution in [0.3, 0.4) is 0 Å². The molecule has 2 amide bonds. The Labute approximate surface area is 187 Å². The molecule has 2 rings (SSSR count). The highest BCUT2D eigenvalue weighted by Crippen LogP contribution is 2.27. The maximum atomic E-state index is 13.1. The van der Waals surface area contributed by atoms with Gasteiger partial charge in [0.15, 0.2) is 0 Å². The summed E-state index contributed by atoms with van der Waals surface area (Å²) in [5, 5.41) is 3.61. The van der Waals surface area contributed by atoms with Crippen LogP contribution in [0.4, 0.5) is 0 Å². The number of likely N-dealkylation sites (N-methyl/N-ethyl adjacent to an activating group) is 1. The van der Waals surface area contributed by atoms with Crippen molar-refractivity contribution in [2.45, 2.75) is 38.6 Å². The molecule has 1 atom stereocenters. The first kappa shape index (κ1) is 23.6. The summed E-state index contributed by atoms with van der Waals surface area (Å²) in [5.74, 6) is 0.677. The summed E-state index contributed by atoms with van der Waals surface area (Å²) in [6.07, 6.45) is 0.496. The first-order valence-electron chi connectivity index (χ1n) is 9.44. The Morgan fingerprint density at radius 2 is 1.79 bits per heavy atom. The van der Waals surface area contributed by atoms with Gasteiger partial charge in [-0.25, -0.2) is 0 Å². The van der Waals surface area contributed by atoms with E-state index in [2.05, 4.69) is 11.4 Å². The first-order chi connectivity index (χ1) is 13.9. The second-order valence-corrected chi connectivity index (χ2v) is 8.54. The Hall–Kier alpha value is -1.69. The summed E-state index contributed by atoms with van der Waals surface area (Å²) >= 11 is 14.2. The van der Waals surface area contributed by atoms with E-state index < -0.39 is 6.04 Å². The molecule has 0 aromatic heterocycles. The third kappa shape index (κ3) is 6.66. The lowest BCUT2D eigenvalue weighted by Gasteiger charge is -2.30. The van der Waals surface area contributed by atoms with Crippen LogP contribution in [0.25, 0.3) is 0 Å². The van der Waals surface area contributed by atoms with Crippen molar-refractivity contribution >= 4 is 46.8 Å². The maximum Gasteiger partial charge on any atom is 0.242 e. The predicted octanol–water partition coefficient (Wildman–Crippen LogP) is 5.09. The molecule has 4 nitrogen and oxygen atoms in total. The fourth-order valence-electron chi connectivity index (χ4n) is 3.08. The van der Waals surface area contributed by atoms with Gasteiger partial charge >= 0.3 is 0 Å². The average molecular weight is 453 g/mol. The fraction of sp³-hybridized carbons (Fsp3) is 0.364. The number of benzene rings is 2. The van der Waals surface area contributed by atoms with Crippen LogP contribution in [0.15, 0.2) is 42.5 Å². The first-order valence-corrected chi connectivity index (χ1v) is 11.4. The minimum atomic E-state index is -0.584. The minimum Gasteiger partial charge on any atom is -0.357 e. The van der Waals surface area contributed by atoms with Crippen molar-refractivity contribution in [1.29, 1.82) is 0 Å². The van der Waals surface area contributed by atoms with Gasteiger partial charge < -0.3 is 10.2 Å². The Kier molecular flexibility index (Phi) is 9.34. The van der Waals surface area contributed by atoms with Crippen molar-refractivity contribution in [3.05, 3.63) is 69.2 Å². The quantitative estimate of drug-likeness (QED) is 0.576. The molecule has 0 saturated carbocycles. The smallest absolute Gasteiger partial charge is 0.242 e. The van der Waals surface area contributed by atoms with Crippen LogP contribution < -0.4 is 5.32 Å². The van der Waals surface area contributed by atoms with Gasteiger partial charge in [0, 0.05) is 35.0 Å². The highest BCUT2D eigenvalue weighted by Gasteiger charge is 2.29. The van der Waals surface area contributed by atoms with Crippen LogP contribution in [-0.2, 0) is 21.9 Å². The number of aryl methyl sites for hydroxylation is 1. The van der Waals surface area contributed by atoms with Gasteiger partial charge in [-0.3, -0.25) is 9.59 Å². The number of carbonyl (C=O) groups is 2. The Morgan fingerprint density at radius 3 is 2.38 bits per heavy atom. The molecule has 0 saturated heterocycles. The molecule has 1 unspecified atom stereocenters. The number of amides is 2. The van der Waals surface area contributed by atoms with Crippen molar-refractivity contribution in [2.75, 3.05) is 12.8 Å². The maximum absolute atomic E-state index is 13.1. The summed E-state index contributed by atoms with van der Waals surface area (Å²) in [6, 6.07) is 12.9. The van der Waals surface area contributed by atoms with E-state index in [1.54, 1.807) is 30.1 Å². The number of halogens is 2. The molecule has 2 aromatic carbocycles. The highest BCUT2D eigenvalue weighted by molar-refractivity contribution is 7.99. The summed E-state index contributed by atoms with van der Waals surface area (Å²) in [7, 11) is 1.57. The molecule has 0 spiro atoms. The van der Waals surface area contributed by atoms with E-state index in [4.69, 9.17) is 23.2 Å². The van der Waals surface area contributed by atoms with Crippen molar-refractivity contribution < 1.29 is 9.59 Å². The van der Waals surface area contributed by atoms with Gasteiger partial charge in [-0.15, -0.1) is 11.8 Å². The zero-order valence-electron chi connectivity index (χ0n) is 16.9. The highest BCUT2D eigenvalue weighted by atomic mass is 35.5. The van der Waals surface area contributed by atoms with E-state index in [1.165, 1.54) is 22.9 Å². The molecule has 2 aromatic rings. The Bertz CT molecular complexity index is 840. The molecule has 0 fully saturated rings. The summed E-state index contributed by atoms with van der Waals surface area (Å²) in [5.41, 5.74) is 3.01. The van der Waals surface area contributed by atoms with Crippen LogP contribution >= 0.6 is 35.0 Å². The lowest BCUT2D eigenvalue weighted by molar-refractivity contribution is -0.139. The Balaban J connectivity index is 2.17. The topological polar surface area (TPSA) is 49.4 Å². The number of hydrogen-bond acceptors (Lipinski definition) is 3. The Morgan fingerprint density at radius 1 is 1.14 bits per heavy atom. The zero-order chi connectivity index (χ0) is 21.4. The van der Waals surface area contributed by atoms with Gasteiger partial charge in [0.2, 0.25) is 11.8 Å². The number of nitrogens with zero attached hydrogens (tertiary/aromatic N) is 1. The molecular formula is C22H26Cl2N2O2S. The van der Waals surface area contributed by atoms with Gasteiger partial charge in [0.25, 0.3) is 0 Å². The van der Waals surface area contributed by atoms with Gasteiger partial charge in [-0.05, 0) is 31.0 Å². The standard InChI is InChI=1S/C22H26Cl2N2O2S/c1-4-20(22(28)25-3)26(12-17-18(23)9-6-10-19(17)24)21(27)14-29-13-16-8-5-7-15(2)11-16/h5-11,20H,4,12-14H2,1-3H3,(H,25,28). The van der Waals surface area contributed by atoms with E-state index >= 15 is 0 Å². The second-order valence-electron chi connectivity index (χ2n) is 6.74. The minimum absolute atomic E-state index is 0.117. The van der Waals surface area contributed by atoms with Gasteiger partial charge in [0.1, 0.15) is 6.04 Å². The molecular weight excluding hydrogens is 427 g/mol. The number of hydrogen-bond donors (Lipinski definition) is 1. The van der Waals surface area contributed by atoms with Gasteiger partial charge in [-0.1, -0.05) is 66.0 Å². The summed E-state index contributed by atoms with van der Waals surface area (Å²) in [4.78, 5) is 27.1. The van der Waals surface area contributed by atoms with Gasteiger partial charge in [-0.2, -0.15) is 0 Å². The SMILES string of the molecule is CCC(C(=O)NC)N(Cc1c(Cl)cccc1Cl)C(=O)CSCc1cccc(C)c1. The van der Waals surface area contributed by atoms with Crippen molar-refractivity contribution in [1.82, 2.24) is 10.2 Å². The summed E-state index contributed by atoms with van der Waals surface area (Å²) < 4.78 is 0. The molecule has 7 heteroatoms. The van der Waals surface area contributed by atoms with E-state index in [-0.39, 0.29) is 24.1 Å². The second kappa shape index (κ2) is 11.5. The molecule has 0 aliphatic carbocycles. The van der Waals surface area contributed by atoms with E-state index in [9.17, 15) is 9.59 Å². The predicted molar refractivity (Wildman–Crippen MR) is 122 cm³/mol. The molecule has 0 bridgehead atoms. The largest absolute Gasteiger partial charge is 0.357 e. The van der Waals surface area contributed by atoms with E-state index in [1.807, 2.05) is 32.0 Å². The fourth-order valence-corrected chi connectivity index (χ4v) is 4.46. The lowest BCUT2D eigenvalue weighted by atomic mass is 10.1. The van der Waals surface area contributed by atoms with E-state index in [0.717, 1.165) is 5.75 Å². The van der Waals surface area contributed by atoms with Crippen molar-refractivity contribution in [3.63, 3.8) is 0 Å². The number of rotatable bonds is 9. The van der Waals surface area contributed by atoms with Crippen LogP contribution in [0.5, 0.6) is 0 Å². The number of thioether (sulfide) groups is 1. The normalized spacial score (nSPS) is 11.8. The molecule has 0 heterocycles. The van der Waals surface area contributed by atoms with E-state index in [0.29, 0.717) is 22.0 Å². The van der Waals surface area contributed by atoms with Crippen LogP contribution in [0.1, 0.15) is 30.0 Å². The number of carbonyl (C=O) groups excluding carboxylic acids is 2. The monoisotopic (exact) mass is 452 g/mol.